The van der Waals surface area contributed by atoms with E-state index < -0.39 is 81.5 Å². The smallest absolute Gasteiger partial charge is 0.387 e. The quantitative estimate of drug-likeness (QED) is 0.0532. The summed E-state index contributed by atoms with van der Waals surface area (Å²) in [6.45, 7) is 1.43. The summed E-state index contributed by atoms with van der Waals surface area (Å²) in [5.41, 5.74) is 3.89. The maximum absolute atomic E-state index is 12.8. The Morgan fingerprint density at radius 1 is 0.691 bits per heavy atom. The maximum Gasteiger partial charge on any atom is 0.472 e. The number of hydrogen-bond donors (Lipinski definition) is 7. The lowest BCUT2D eigenvalue weighted by molar-refractivity contribution is -0.0640. The van der Waals surface area contributed by atoms with E-state index in [-0.39, 0.29) is 5.82 Å². The van der Waals surface area contributed by atoms with Crippen LogP contribution in [0.1, 0.15) is 122 Å². The number of nitrogens with one attached hydrogen (secondary N) is 1. The van der Waals surface area contributed by atoms with Gasteiger partial charge in [-0.05, 0) is 18.6 Å². The summed E-state index contributed by atoms with van der Waals surface area (Å²) in [6, 6.07) is 2.84. The fourth-order valence-corrected chi connectivity index (χ4v) is 7.52. The Labute approximate surface area is 321 Å². The van der Waals surface area contributed by atoms with Gasteiger partial charge in [0.15, 0.2) is 12.5 Å². The van der Waals surface area contributed by atoms with E-state index in [4.69, 9.17) is 24.3 Å². The van der Waals surface area contributed by atoms with Crippen molar-refractivity contribution in [3.05, 3.63) is 45.5 Å². The first kappa shape index (κ1) is 44.9. The number of aliphatic hydroxyl groups excluding tert-OH is 4. The van der Waals surface area contributed by atoms with Gasteiger partial charge in [-0.25, -0.2) is 14.2 Å². The average molecular weight is 801 g/mol. The molecule has 2 fully saturated rings. The van der Waals surface area contributed by atoms with Crippen LogP contribution in [0.3, 0.4) is 0 Å². The van der Waals surface area contributed by atoms with Gasteiger partial charge in [0.05, 0.1) is 13.2 Å². The van der Waals surface area contributed by atoms with Gasteiger partial charge in [-0.2, -0.15) is 9.97 Å². The molecule has 55 heavy (non-hydrogen) atoms. The summed E-state index contributed by atoms with van der Waals surface area (Å²) in [4.78, 5) is 42.7. The van der Waals surface area contributed by atoms with Crippen molar-refractivity contribution in [1.82, 2.24) is 19.1 Å². The van der Waals surface area contributed by atoms with Crippen LogP contribution in [0.25, 0.3) is 0 Å². The van der Waals surface area contributed by atoms with Gasteiger partial charge < -0.3 is 45.8 Å². The standard InChI is InChI=1S/C36H61N6O12P/c1-2-3-4-5-6-7-8-9-10-11-12-13-14-15-16-17-20-38-28-19-22-42(36(48)40-28)34-32(46)30(44)26(54-34)24-52-55(49,50)51-23-25-29(43)31(45)33(53-25)41-21-18-27(37)39-35(41)47/h18-19,21-22,25-26,29-34,43-46H,2-17,20,23-24H2,1H3,(H,49,50)(H2,37,39,47)(H,38,40,48). The monoisotopic (exact) mass is 800 g/mol. The molecule has 0 radical (unpaired) electrons. The molecule has 9 atom stereocenters. The number of phosphoric acid groups is 1. The lowest BCUT2D eigenvalue weighted by Gasteiger charge is -2.20. The molecule has 4 rings (SSSR count). The summed E-state index contributed by atoms with van der Waals surface area (Å²) >= 11 is 0. The van der Waals surface area contributed by atoms with E-state index in [1.807, 2.05) is 0 Å². The highest BCUT2D eigenvalue weighted by Crippen LogP contribution is 2.45. The highest BCUT2D eigenvalue weighted by atomic mass is 31.2. The van der Waals surface area contributed by atoms with Gasteiger partial charge in [-0.15, -0.1) is 0 Å². The van der Waals surface area contributed by atoms with Crippen LogP contribution in [0.15, 0.2) is 34.1 Å². The molecule has 2 aliphatic heterocycles. The number of nitrogens with two attached hydrogens (primary N) is 1. The van der Waals surface area contributed by atoms with Crippen molar-refractivity contribution in [1.29, 1.82) is 0 Å². The van der Waals surface area contributed by atoms with Crippen LogP contribution in [-0.2, 0) is 23.1 Å². The van der Waals surface area contributed by atoms with E-state index in [1.165, 1.54) is 102 Å². The van der Waals surface area contributed by atoms with E-state index in [1.54, 1.807) is 6.07 Å². The topological polar surface area (TPSA) is 263 Å². The first-order valence-electron chi connectivity index (χ1n) is 19.7. The van der Waals surface area contributed by atoms with Gasteiger partial charge in [0, 0.05) is 18.9 Å². The largest absolute Gasteiger partial charge is 0.472 e. The van der Waals surface area contributed by atoms with Crippen LogP contribution in [0, 0.1) is 0 Å². The number of phosphoric ester groups is 1. The first-order valence-corrected chi connectivity index (χ1v) is 21.2. The Hall–Kier alpha value is -2.77. The molecule has 0 aromatic carbocycles. The summed E-state index contributed by atoms with van der Waals surface area (Å²) in [5.74, 6) is 0.300. The molecule has 2 aromatic heterocycles. The molecule has 9 unspecified atom stereocenters. The molecule has 0 amide bonds. The summed E-state index contributed by atoms with van der Waals surface area (Å²) in [6.07, 6.45) is 11.2. The van der Waals surface area contributed by atoms with Crippen molar-refractivity contribution in [2.75, 3.05) is 30.8 Å². The molecule has 2 aromatic rings. The fourth-order valence-electron chi connectivity index (χ4n) is 6.78. The van der Waals surface area contributed by atoms with Gasteiger partial charge in [0.1, 0.15) is 48.3 Å². The molecule has 0 saturated carbocycles. The van der Waals surface area contributed by atoms with Gasteiger partial charge >= 0.3 is 19.2 Å². The zero-order valence-corrected chi connectivity index (χ0v) is 32.7. The second-order valence-electron chi connectivity index (χ2n) is 14.4. The van der Waals surface area contributed by atoms with E-state index >= 15 is 0 Å². The Bertz CT molecular complexity index is 1600. The number of aromatic nitrogens is 4. The predicted octanol–water partition coefficient (Wildman–Crippen LogP) is 3.13. The summed E-state index contributed by atoms with van der Waals surface area (Å²) < 4.78 is 35.5. The third-order valence-corrected chi connectivity index (χ3v) is 11.0. The first-order chi connectivity index (χ1) is 26.4. The molecule has 312 valence electrons. The van der Waals surface area contributed by atoms with Crippen molar-refractivity contribution >= 4 is 19.5 Å². The number of hydrogen-bond acceptors (Lipinski definition) is 15. The minimum Gasteiger partial charge on any atom is -0.387 e. The van der Waals surface area contributed by atoms with Crippen molar-refractivity contribution in [2.45, 2.75) is 159 Å². The molecule has 8 N–H and O–H groups in total. The Balaban J connectivity index is 1.10. The van der Waals surface area contributed by atoms with Crippen molar-refractivity contribution in [3.63, 3.8) is 0 Å². The van der Waals surface area contributed by atoms with E-state index in [0.717, 1.165) is 28.4 Å². The molecule has 0 bridgehead atoms. The predicted molar refractivity (Wildman–Crippen MR) is 203 cm³/mol. The fraction of sp³-hybridized carbons (Fsp3) is 0.778. The summed E-state index contributed by atoms with van der Waals surface area (Å²) in [7, 11) is -4.87. The molecular formula is C36H61N6O12P. The normalized spacial score (nSPS) is 26.4. The van der Waals surface area contributed by atoms with Crippen molar-refractivity contribution in [3.8, 4) is 0 Å². The SMILES string of the molecule is CCCCCCCCCCCCCCCCCCNc1ccn(C2OC(COP(=O)(O)OCC3OC(n4ccc(N)nc4=O)C(O)C3O)C(O)C2O)c(=O)n1. The summed E-state index contributed by atoms with van der Waals surface area (Å²) in [5, 5.41) is 45.1. The molecule has 18 nitrogen and oxygen atoms in total. The maximum atomic E-state index is 12.8. The molecule has 19 heteroatoms. The molecule has 2 aliphatic rings. The van der Waals surface area contributed by atoms with Crippen LogP contribution >= 0.6 is 7.82 Å². The Kier molecular flexibility index (Phi) is 18.7. The van der Waals surface area contributed by atoms with Gasteiger partial charge in [0.25, 0.3) is 0 Å². The van der Waals surface area contributed by atoms with Crippen LogP contribution in [0.5, 0.6) is 0 Å². The van der Waals surface area contributed by atoms with Gasteiger partial charge in [0.2, 0.25) is 0 Å². The Morgan fingerprint density at radius 3 is 1.55 bits per heavy atom. The number of anilines is 2. The number of nitrogen functional groups attached to an aromatic ring is 1. The molecular weight excluding hydrogens is 739 g/mol. The molecule has 0 aliphatic carbocycles. The zero-order valence-electron chi connectivity index (χ0n) is 31.8. The number of rotatable bonds is 26. The minimum atomic E-state index is -4.87. The zero-order chi connectivity index (χ0) is 39.8. The van der Waals surface area contributed by atoms with Crippen molar-refractivity contribution in [2.24, 2.45) is 0 Å². The van der Waals surface area contributed by atoms with Gasteiger partial charge in [-0.1, -0.05) is 103 Å². The van der Waals surface area contributed by atoms with Crippen molar-refractivity contribution < 1.29 is 48.4 Å². The number of ether oxygens (including phenoxy) is 2. The average Bonchev–Trinajstić information content (AvgIpc) is 3.60. The number of aliphatic hydroxyl groups is 4. The highest BCUT2D eigenvalue weighted by molar-refractivity contribution is 7.47. The number of nitrogens with zero attached hydrogens (tertiary/aromatic N) is 4. The van der Waals surface area contributed by atoms with E-state index in [2.05, 4.69) is 22.2 Å². The van der Waals surface area contributed by atoms with Crippen LogP contribution < -0.4 is 22.4 Å². The third kappa shape index (κ3) is 14.0. The van der Waals surface area contributed by atoms with E-state index in [0.29, 0.717) is 12.4 Å². The second kappa shape index (κ2) is 22.8. The molecule has 0 spiro atoms. The molecule has 4 heterocycles. The second-order valence-corrected chi connectivity index (χ2v) is 15.9. The van der Waals surface area contributed by atoms with Crippen LogP contribution in [-0.4, -0.2) is 101 Å². The third-order valence-electron chi connectivity index (χ3n) is 10.0. The van der Waals surface area contributed by atoms with Crippen LogP contribution in [0.4, 0.5) is 11.6 Å². The lowest BCUT2D eigenvalue weighted by atomic mass is 10.0. The molecule has 2 saturated heterocycles. The van der Waals surface area contributed by atoms with Crippen LogP contribution in [0.2, 0.25) is 0 Å². The van der Waals surface area contributed by atoms with Gasteiger partial charge in [-0.3, -0.25) is 18.2 Å². The lowest BCUT2D eigenvalue weighted by Crippen LogP contribution is -2.36. The highest BCUT2D eigenvalue weighted by Gasteiger charge is 2.47. The van der Waals surface area contributed by atoms with E-state index in [9.17, 15) is 39.5 Å². The minimum absolute atomic E-state index is 0.0623. The Morgan fingerprint density at radius 2 is 1.11 bits per heavy atom. The number of unbranched alkanes of at least 4 members (excludes halogenated alkanes) is 15.